The Kier molecular flexibility index (Phi) is 4.84. The Labute approximate surface area is 144 Å². The lowest BCUT2D eigenvalue weighted by Crippen LogP contribution is -2.40. The number of rotatable bonds is 4. The van der Waals surface area contributed by atoms with Gasteiger partial charge in [0.05, 0.1) is 11.7 Å². The molecular weight excluding hydrogens is 320 g/mol. The van der Waals surface area contributed by atoms with Gasteiger partial charge in [-0.1, -0.05) is 41.6 Å². The summed E-state index contributed by atoms with van der Waals surface area (Å²) in [6.45, 7) is 0. The fourth-order valence-corrected chi connectivity index (χ4v) is 2.49. The number of pyridine rings is 1. The largest absolute Gasteiger partial charge is 0.363 e. The van der Waals surface area contributed by atoms with E-state index in [9.17, 15) is 9.59 Å². The van der Waals surface area contributed by atoms with Gasteiger partial charge in [-0.05, 0) is 17.7 Å². The predicted octanol–water partition coefficient (Wildman–Crippen LogP) is 2.26. The number of nitrogens with zero attached hydrogens (tertiary/aromatic N) is 3. The Morgan fingerprint density at radius 2 is 1.84 bits per heavy atom. The second kappa shape index (κ2) is 7.39. The summed E-state index contributed by atoms with van der Waals surface area (Å²) in [6.07, 6.45) is 2.96. The van der Waals surface area contributed by atoms with Gasteiger partial charge in [-0.25, -0.2) is 0 Å². The molecule has 0 radical (unpaired) electrons. The lowest BCUT2D eigenvalue weighted by Gasteiger charge is -2.27. The Balaban J connectivity index is 1.87. The summed E-state index contributed by atoms with van der Waals surface area (Å²) in [5.74, 6) is -1.32. The van der Waals surface area contributed by atoms with Gasteiger partial charge in [-0.15, -0.1) is 0 Å². The zero-order valence-corrected chi connectivity index (χ0v) is 13.5. The fraction of sp³-hybridized carbons (Fsp3) is 0.111. The normalized spacial score (nSPS) is 11.6. The smallest absolute Gasteiger partial charge is 0.315 e. The molecule has 0 spiro atoms. The van der Waals surface area contributed by atoms with Crippen LogP contribution in [0, 0.1) is 0 Å². The SMILES string of the molecule is CN(C(=O)C(=O)Nc1ccon1)C(c1ccccc1)c1ccccn1. The van der Waals surface area contributed by atoms with Crippen molar-refractivity contribution < 1.29 is 14.1 Å². The third-order valence-corrected chi connectivity index (χ3v) is 3.66. The van der Waals surface area contributed by atoms with Crippen LogP contribution in [0.2, 0.25) is 0 Å². The van der Waals surface area contributed by atoms with Crippen molar-refractivity contribution in [3.8, 4) is 0 Å². The number of hydrogen-bond acceptors (Lipinski definition) is 5. The van der Waals surface area contributed by atoms with E-state index in [2.05, 4.69) is 20.0 Å². The van der Waals surface area contributed by atoms with Crippen molar-refractivity contribution >= 4 is 17.6 Å². The van der Waals surface area contributed by atoms with Crippen molar-refractivity contribution in [3.05, 3.63) is 78.3 Å². The van der Waals surface area contributed by atoms with Crippen LogP contribution in [0.3, 0.4) is 0 Å². The lowest BCUT2D eigenvalue weighted by atomic mass is 10.0. The summed E-state index contributed by atoms with van der Waals surface area (Å²) in [5.41, 5.74) is 1.52. The van der Waals surface area contributed by atoms with Crippen LogP contribution in [0.25, 0.3) is 0 Å². The van der Waals surface area contributed by atoms with E-state index in [1.165, 1.54) is 17.2 Å². The molecule has 0 saturated heterocycles. The molecule has 1 unspecified atom stereocenters. The molecule has 3 aromatic rings. The van der Waals surface area contributed by atoms with Gasteiger partial charge in [0.2, 0.25) is 0 Å². The van der Waals surface area contributed by atoms with Crippen LogP contribution in [0.1, 0.15) is 17.3 Å². The predicted molar refractivity (Wildman–Crippen MR) is 90.4 cm³/mol. The first-order valence-corrected chi connectivity index (χ1v) is 7.61. The molecule has 2 heterocycles. The minimum Gasteiger partial charge on any atom is -0.363 e. The van der Waals surface area contributed by atoms with E-state index in [0.29, 0.717) is 5.69 Å². The van der Waals surface area contributed by atoms with Crippen LogP contribution in [0.4, 0.5) is 5.82 Å². The Hall–Kier alpha value is -3.48. The number of anilines is 1. The maximum absolute atomic E-state index is 12.6. The highest BCUT2D eigenvalue weighted by atomic mass is 16.5. The van der Waals surface area contributed by atoms with Crippen LogP contribution < -0.4 is 5.32 Å². The molecule has 0 aliphatic carbocycles. The van der Waals surface area contributed by atoms with Gasteiger partial charge in [0.1, 0.15) is 6.26 Å². The van der Waals surface area contributed by atoms with Crippen LogP contribution in [-0.4, -0.2) is 33.9 Å². The highest BCUT2D eigenvalue weighted by Gasteiger charge is 2.29. The average Bonchev–Trinajstić information content (AvgIpc) is 3.16. The third kappa shape index (κ3) is 3.72. The first-order valence-electron chi connectivity index (χ1n) is 7.61. The standard InChI is InChI=1S/C18H16N4O3/c1-22(18(24)17(23)20-15-10-12-25-21-15)16(13-7-3-2-4-8-13)14-9-5-6-11-19-14/h2-12,16H,1H3,(H,20,21,23). The zero-order valence-electron chi connectivity index (χ0n) is 13.5. The van der Waals surface area contributed by atoms with Crippen LogP contribution in [0.5, 0.6) is 0 Å². The summed E-state index contributed by atoms with van der Waals surface area (Å²) in [4.78, 5) is 30.5. The van der Waals surface area contributed by atoms with E-state index < -0.39 is 17.9 Å². The van der Waals surface area contributed by atoms with Crippen molar-refractivity contribution in [2.45, 2.75) is 6.04 Å². The number of benzene rings is 1. The van der Waals surface area contributed by atoms with Gasteiger partial charge in [-0.3, -0.25) is 19.9 Å². The van der Waals surface area contributed by atoms with Crippen molar-refractivity contribution in [2.75, 3.05) is 12.4 Å². The van der Waals surface area contributed by atoms with E-state index in [1.807, 2.05) is 42.5 Å². The van der Waals surface area contributed by atoms with Gasteiger partial charge in [0.15, 0.2) is 5.82 Å². The minimum atomic E-state index is -0.798. The monoisotopic (exact) mass is 336 g/mol. The Morgan fingerprint density at radius 1 is 1.08 bits per heavy atom. The first kappa shape index (κ1) is 16.4. The van der Waals surface area contributed by atoms with Crippen molar-refractivity contribution in [1.29, 1.82) is 0 Å². The van der Waals surface area contributed by atoms with Crippen LogP contribution >= 0.6 is 0 Å². The second-order valence-electron chi connectivity index (χ2n) is 5.32. The van der Waals surface area contributed by atoms with Crippen LogP contribution in [-0.2, 0) is 9.59 Å². The first-order chi connectivity index (χ1) is 12.2. The molecule has 7 nitrogen and oxygen atoms in total. The molecule has 1 atom stereocenters. The second-order valence-corrected chi connectivity index (χ2v) is 5.32. The maximum atomic E-state index is 12.6. The van der Waals surface area contributed by atoms with Gasteiger partial charge in [0.25, 0.3) is 0 Å². The molecule has 3 rings (SSSR count). The van der Waals surface area contributed by atoms with Crippen molar-refractivity contribution in [3.63, 3.8) is 0 Å². The quantitative estimate of drug-likeness (QED) is 0.738. The lowest BCUT2D eigenvalue weighted by molar-refractivity contribution is -0.143. The number of aromatic nitrogens is 2. The Bertz CT molecular complexity index is 796. The minimum absolute atomic E-state index is 0.181. The van der Waals surface area contributed by atoms with E-state index in [0.717, 1.165) is 5.56 Å². The van der Waals surface area contributed by atoms with E-state index >= 15 is 0 Å². The summed E-state index contributed by atoms with van der Waals surface area (Å²) < 4.78 is 4.64. The van der Waals surface area contributed by atoms with E-state index in [-0.39, 0.29) is 5.82 Å². The molecular formula is C18H16N4O3. The maximum Gasteiger partial charge on any atom is 0.315 e. The number of hydrogen-bond donors (Lipinski definition) is 1. The topological polar surface area (TPSA) is 88.3 Å². The van der Waals surface area contributed by atoms with Gasteiger partial charge in [-0.2, -0.15) is 0 Å². The molecule has 25 heavy (non-hydrogen) atoms. The molecule has 126 valence electrons. The van der Waals surface area contributed by atoms with Crippen LogP contribution in [0.15, 0.2) is 71.6 Å². The third-order valence-electron chi connectivity index (χ3n) is 3.66. The molecule has 0 fully saturated rings. The molecule has 0 aliphatic rings. The molecule has 1 aromatic carbocycles. The number of amides is 2. The molecule has 7 heteroatoms. The summed E-state index contributed by atoms with van der Waals surface area (Å²) >= 11 is 0. The van der Waals surface area contributed by atoms with Gasteiger partial charge < -0.3 is 9.42 Å². The molecule has 2 aromatic heterocycles. The zero-order chi connectivity index (χ0) is 17.6. The highest BCUT2D eigenvalue weighted by Crippen LogP contribution is 2.26. The fourth-order valence-electron chi connectivity index (χ4n) is 2.49. The number of carbonyl (C=O) groups is 2. The van der Waals surface area contributed by atoms with Crippen molar-refractivity contribution in [2.24, 2.45) is 0 Å². The number of carbonyl (C=O) groups excluding carboxylic acids is 2. The average molecular weight is 336 g/mol. The summed E-state index contributed by atoms with van der Waals surface area (Å²) in [7, 11) is 1.57. The Morgan fingerprint density at radius 3 is 2.48 bits per heavy atom. The summed E-state index contributed by atoms with van der Waals surface area (Å²) in [5, 5.41) is 5.97. The molecule has 1 N–H and O–H groups in total. The van der Waals surface area contributed by atoms with E-state index in [1.54, 1.807) is 19.3 Å². The highest BCUT2D eigenvalue weighted by molar-refractivity contribution is 6.39. The van der Waals surface area contributed by atoms with Gasteiger partial charge >= 0.3 is 11.8 Å². The number of likely N-dealkylation sites (N-methyl/N-ethyl adjacent to an activating group) is 1. The van der Waals surface area contributed by atoms with Gasteiger partial charge in [0, 0.05) is 19.3 Å². The molecule has 2 amide bonds. The van der Waals surface area contributed by atoms with E-state index in [4.69, 9.17) is 0 Å². The summed E-state index contributed by atoms with van der Waals surface area (Å²) in [6, 6.07) is 15.8. The molecule has 0 saturated carbocycles. The molecule has 0 bridgehead atoms. The molecule has 0 aliphatic heterocycles. The number of nitrogens with one attached hydrogen (secondary N) is 1. The van der Waals surface area contributed by atoms with Crippen molar-refractivity contribution in [1.82, 2.24) is 15.0 Å².